The molecule has 1 aliphatic heterocycles. The Labute approximate surface area is 93.2 Å². The maximum absolute atomic E-state index is 5.67. The highest BCUT2D eigenvalue weighted by Crippen LogP contribution is 2.18. The standard InChI is InChI=1S/C11H23ClN2/c1-11(2)10-14(7-5-4-6-12)9-8-13(11)3/h4-10H2,1-3H3. The predicted molar refractivity (Wildman–Crippen MR) is 63.1 cm³/mol. The molecule has 0 atom stereocenters. The van der Waals surface area contributed by atoms with Gasteiger partial charge in [0, 0.05) is 31.1 Å². The number of hydrogen-bond acceptors (Lipinski definition) is 2. The lowest BCUT2D eigenvalue weighted by atomic mass is 9.99. The van der Waals surface area contributed by atoms with Crippen LogP contribution in [0.2, 0.25) is 0 Å². The number of halogens is 1. The van der Waals surface area contributed by atoms with Crippen molar-refractivity contribution in [2.45, 2.75) is 32.2 Å². The summed E-state index contributed by atoms with van der Waals surface area (Å²) >= 11 is 5.67. The van der Waals surface area contributed by atoms with Crippen LogP contribution >= 0.6 is 11.6 Å². The monoisotopic (exact) mass is 218 g/mol. The molecule has 1 aliphatic rings. The minimum Gasteiger partial charge on any atom is -0.300 e. The molecule has 2 nitrogen and oxygen atoms in total. The van der Waals surface area contributed by atoms with E-state index in [4.69, 9.17) is 11.6 Å². The Hall–Kier alpha value is 0.210. The van der Waals surface area contributed by atoms with Crippen molar-refractivity contribution in [3.05, 3.63) is 0 Å². The highest BCUT2D eigenvalue weighted by Gasteiger charge is 2.30. The molecule has 0 amide bonds. The van der Waals surface area contributed by atoms with Crippen LogP contribution in [0, 0.1) is 0 Å². The maximum atomic E-state index is 5.67. The summed E-state index contributed by atoms with van der Waals surface area (Å²) in [5, 5.41) is 0. The predicted octanol–water partition coefficient (Wildman–Crippen LogP) is 2.03. The second-order valence-electron chi connectivity index (χ2n) is 4.91. The van der Waals surface area contributed by atoms with Crippen LogP contribution in [0.4, 0.5) is 0 Å². The number of alkyl halides is 1. The molecule has 14 heavy (non-hydrogen) atoms. The van der Waals surface area contributed by atoms with Gasteiger partial charge in [-0.3, -0.25) is 4.90 Å². The van der Waals surface area contributed by atoms with Crippen LogP contribution in [-0.4, -0.2) is 54.4 Å². The van der Waals surface area contributed by atoms with Gasteiger partial charge in [0.25, 0.3) is 0 Å². The zero-order chi connectivity index (χ0) is 10.6. The molecule has 1 heterocycles. The second kappa shape index (κ2) is 5.34. The molecule has 0 radical (unpaired) electrons. The molecule has 84 valence electrons. The van der Waals surface area contributed by atoms with E-state index in [1.165, 1.54) is 32.6 Å². The molecule has 0 aliphatic carbocycles. The van der Waals surface area contributed by atoms with E-state index >= 15 is 0 Å². The van der Waals surface area contributed by atoms with Crippen LogP contribution in [0.15, 0.2) is 0 Å². The molecule has 3 heteroatoms. The van der Waals surface area contributed by atoms with Crippen molar-refractivity contribution in [1.82, 2.24) is 9.80 Å². The first-order valence-corrected chi connectivity index (χ1v) is 6.09. The molecular formula is C11H23ClN2. The summed E-state index contributed by atoms with van der Waals surface area (Å²) in [6.45, 7) is 9.44. The van der Waals surface area contributed by atoms with E-state index in [1.807, 2.05) is 0 Å². The minimum atomic E-state index is 0.333. The van der Waals surface area contributed by atoms with Crippen molar-refractivity contribution in [2.75, 3.05) is 39.1 Å². The third-order valence-electron chi connectivity index (χ3n) is 3.25. The van der Waals surface area contributed by atoms with Crippen molar-refractivity contribution in [3.63, 3.8) is 0 Å². The molecule has 0 N–H and O–H groups in total. The topological polar surface area (TPSA) is 6.48 Å². The summed E-state index contributed by atoms with van der Waals surface area (Å²) in [6, 6.07) is 0. The van der Waals surface area contributed by atoms with Crippen molar-refractivity contribution in [3.8, 4) is 0 Å². The summed E-state index contributed by atoms with van der Waals surface area (Å²) in [7, 11) is 2.22. The molecule has 0 unspecified atom stereocenters. The molecule has 1 rings (SSSR count). The smallest absolute Gasteiger partial charge is 0.0277 e. The van der Waals surface area contributed by atoms with Crippen LogP contribution in [0.3, 0.4) is 0 Å². The highest BCUT2D eigenvalue weighted by atomic mass is 35.5. The van der Waals surface area contributed by atoms with E-state index in [2.05, 4.69) is 30.7 Å². The highest BCUT2D eigenvalue weighted by molar-refractivity contribution is 6.17. The molecule has 1 fully saturated rings. The lowest BCUT2D eigenvalue weighted by Crippen LogP contribution is -2.57. The van der Waals surface area contributed by atoms with Gasteiger partial charge in [-0.25, -0.2) is 0 Å². The van der Waals surface area contributed by atoms with Gasteiger partial charge in [-0.1, -0.05) is 0 Å². The molecule has 0 aromatic rings. The number of nitrogens with zero attached hydrogens (tertiary/aromatic N) is 2. The van der Waals surface area contributed by atoms with Gasteiger partial charge in [-0.15, -0.1) is 11.6 Å². The van der Waals surface area contributed by atoms with Crippen molar-refractivity contribution in [1.29, 1.82) is 0 Å². The number of likely N-dealkylation sites (N-methyl/N-ethyl adjacent to an activating group) is 1. The SMILES string of the molecule is CN1CCN(CCCCCl)CC1(C)C. The fourth-order valence-electron chi connectivity index (χ4n) is 1.96. The van der Waals surface area contributed by atoms with E-state index in [1.54, 1.807) is 0 Å². The van der Waals surface area contributed by atoms with Gasteiger partial charge >= 0.3 is 0 Å². The summed E-state index contributed by atoms with van der Waals surface area (Å²) in [4.78, 5) is 5.01. The van der Waals surface area contributed by atoms with Gasteiger partial charge in [-0.05, 0) is 40.3 Å². The Kier molecular flexibility index (Phi) is 4.68. The zero-order valence-corrected chi connectivity index (χ0v) is 10.5. The Morgan fingerprint density at radius 1 is 1.21 bits per heavy atom. The first-order valence-electron chi connectivity index (χ1n) is 5.56. The average molecular weight is 219 g/mol. The molecule has 0 saturated carbocycles. The minimum absolute atomic E-state index is 0.333. The summed E-state index contributed by atoms with van der Waals surface area (Å²) < 4.78 is 0. The average Bonchev–Trinajstić information content (AvgIpc) is 2.11. The first-order chi connectivity index (χ1) is 6.56. The lowest BCUT2D eigenvalue weighted by molar-refractivity contribution is 0.0395. The van der Waals surface area contributed by atoms with Gasteiger partial charge in [-0.2, -0.15) is 0 Å². The second-order valence-corrected chi connectivity index (χ2v) is 5.28. The fraction of sp³-hybridized carbons (Fsp3) is 1.00. The zero-order valence-electron chi connectivity index (χ0n) is 9.72. The maximum Gasteiger partial charge on any atom is 0.0277 e. The molecule has 0 spiro atoms. The number of piperazine rings is 1. The van der Waals surface area contributed by atoms with E-state index < -0.39 is 0 Å². The number of hydrogen-bond donors (Lipinski definition) is 0. The Balaban J connectivity index is 2.29. The summed E-state index contributed by atoms with van der Waals surface area (Å²) in [6.07, 6.45) is 2.39. The van der Waals surface area contributed by atoms with Crippen molar-refractivity contribution >= 4 is 11.6 Å². The summed E-state index contributed by atoms with van der Waals surface area (Å²) in [5.74, 6) is 0.803. The van der Waals surface area contributed by atoms with Gasteiger partial charge in [0.1, 0.15) is 0 Å². The van der Waals surface area contributed by atoms with Crippen LogP contribution in [0.25, 0.3) is 0 Å². The van der Waals surface area contributed by atoms with E-state index in [9.17, 15) is 0 Å². The van der Waals surface area contributed by atoms with Gasteiger partial charge < -0.3 is 4.90 Å². The largest absolute Gasteiger partial charge is 0.300 e. The summed E-state index contributed by atoms with van der Waals surface area (Å²) in [5.41, 5.74) is 0.333. The van der Waals surface area contributed by atoms with Gasteiger partial charge in [0.2, 0.25) is 0 Å². The van der Waals surface area contributed by atoms with Crippen LogP contribution in [0.5, 0.6) is 0 Å². The Bertz CT molecular complexity index is 171. The molecule has 1 saturated heterocycles. The lowest BCUT2D eigenvalue weighted by Gasteiger charge is -2.45. The van der Waals surface area contributed by atoms with Gasteiger partial charge in [0.05, 0.1) is 0 Å². The van der Waals surface area contributed by atoms with Crippen LogP contribution in [-0.2, 0) is 0 Å². The number of unbranched alkanes of at least 4 members (excludes halogenated alkanes) is 1. The number of rotatable bonds is 4. The molecule has 0 aromatic carbocycles. The Morgan fingerprint density at radius 3 is 2.50 bits per heavy atom. The first kappa shape index (κ1) is 12.3. The van der Waals surface area contributed by atoms with Crippen LogP contribution < -0.4 is 0 Å². The normalized spacial score (nSPS) is 24.0. The van der Waals surface area contributed by atoms with Crippen molar-refractivity contribution < 1.29 is 0 Å². The quantitative estimate of drug-likeness (QED) is 0.527. The third-order valence-corrected chi connectivity index (χ3v) is 3.52. The van der Waals surface area contributed by atoms with Gasteiger partial charge in [0.15, 0.2) is 0 Å². The fourth-order valence-corrected chi connectivity index (χ4v) is 2.15. The van der Waals surface area contributed by atoms with Crippen LogP contribution in [0.1, 0.15) is 26.7 Å². The van der Waals surface area contributed by atoms with Crippen molar-refractivity contribution in [2.24, 2.45) is 0 Å². The van der Waals surface area contributed by atoms with E-state index in [0.717, 1.165) is 12.3 Å². The molecule has 0 aromatic heterocycles. The third kappa shape index (κ3) is 3.41. The molecule has 0 bridgehead atoms. The van der Waals surface area contributed by atoms with E-state index in [-0.39, 0.29) is 0 Å². The van der Waals surface area contributed by atoms with E-state index in [0.29, 0.717) is 5.54 Å². The Morgan fingerprint density at radius 2 is 1.93 bits per heavy atom. The molecular weight excluding hydrogens is 196 g/mol.